The molecule has 2 nitrogen and oxygen atoms in total. The van der Waals surface area contributed by atoms with Gasteiger partial charge in [-0.1, -0.05) is 25.7 Å². The molecule has 1 aliphatic carbocycles. The van der Waals surface area contributed by atoms with Crippen LogP contribution in [0.3, 0.4) is 0 Å². The van der Waals surface area contributed by atoms with Crippen LogP contribution in [0.4, 0.5) is 13.2 Å². The number of halogens is 3. The van der Waals surface area contributed by atoms with Crippen LogP contribution in [0.5, 0.6) is 0 Å². The van der Waals surface area contributed by atoms with Gasteiger partial charge in [0.05, 0.1) is 6.54 Å². The van der Waals surface area contributed by atoms with Gasteiger partial charge in [-0.05, 0) is 12.8 Å². The Bertz CT molecular complexity index is 184. The number of hydrogen-bond acceptors (Lipinski definition) is 2. The summed E-state index contributed by atoms with van der Waals surface area (Å²) in [5.74, 6) is 0. The van der Waals surface area contributed by atoms with Gasteiger partial charge in [0.2, 0.25) is 0 Å². The van der Waals surface area contributed by atoms with E-state index in [-0.39, 0.29) is 0 Å². The SMILES string of the molecule is NCC1(NCC(F)(F)F)CCCCCC1. The molecule has 0 bridgehead atoms. The van der Waals surface area contributed by atoms with Crippen LogP contribution in [0.1, 0.15) is 38.5 Å². The van der Waals surface area contributed by atoms with Gasteiger partial charge in [-0.2, -0.15) is 13.2 Å². The van der Waals surface area contributed by atoms with Crippen LogP contribution < -0.4 is 11.1 Å². The Kier molecular flexibility index (Phi) is 4.40. The van der Waals surface area contributed by atoms with Gasteiger partial charge >= 0.3 is 6.18 Å². The Labute approximate surface area is 88.4 Å². The van der Waals surface area contributed by atoms with E-state index in [4.69, 9.17) is 5.73 Å². The van der Waals surface area contributed by atoms with Crippen molar-refractivity contribution in [1.29, 1.82) is 0 Å². The lowest BCUT2D eigenvalue weighted by Gasteiger charge is -2.33. The Balaban J connectivity index is 2.50. The molecule has 1 rings (SSSR count). The molecule has 0 heterocycles. The summed E-state index contributed by atoms with van der Waals surface area (Å²) in [7, 11) is 0. The first-order valence-corrected chi connectivity index (χ1v) is 5.49. The molecule has 0 saturated heterocycles. The Hall–Kier alpha value is -0.290. The van der Waals surface area contributed by atoms with Crippen LogP contribution in [-0.4, -0.2) is 24.8 Å². The lowest BCUT2D eigenvalue weighted by Crippen LogP contribution is -2.53. The van der Waals surface area contributed by atoms with Crippen molar-refractivity contribution in [3.05, 3.63) is 0 Å². The van der Waals surface area contributed by atoms with Crippen LogP contribution in [-0.2, 0) is 0 Å². The van der Waals surface area contributed by atoms with Crippen molar-refractivity contribution < 1.29 is 13.2 Å². The lowest BCUT2D eigenvalue weighted by atomic mass is 9.90. The van der Waals surface area contributed by atoms with Gasteiger partial charge in [-0.15, -0.1) is 0 Å². The summed E-state index contributed by atoms with van der Waals surface area (Å²) in [6.07, 6.45) is 1.54. The average molecular weight is 224 g/mol. The first-order chi connectivity index (χ1) is 6.97. The summed E-state index contributed by atoms with van der Waals surface area (Å²) in [6, 6.07) is 0. The van der Waals surface area contributed by atoms with E-state index < -0.39 is 18.3 Å². The van der Waals surface area contributed by atoms with Crippen molar-refractivity contribution >= 4 is 0 Å². The largest absolute Gasteiger partial charge is 0.401 e. The van der Waals surface area contributed by atoms with Crippen molar-refractivity contribution in [2.45, 2.75) is 50.2 Å². The minimum atomic E-state index is -4.14. The van der Waals surface area contributed by atoms with E-state index >= 15 is 0 Å². The number of nitrogens with two attached hydrogens (primary N) is 1. The summed E-state index contributed by atoms with van der Waals surface area (Å²) >= 11 is 0. The molecular weight excluding hydrogens is 205 g/mol. The van der Waals surface area contributed by atoms with E-state index in [0.29, 0.717) is 6.54 Å². The standard InChI is InChI=1S/C10H19F3N2/c11-10(12,13)8-15-9(7-14)5-3-1-2-4-6-9/h15H,1-8,14H2. The van der Waals surface area contributed by atoms with Crippen LogP contribution in [0.15, 0.2) is 0 Å². The maximum absolute atomic E-state index is 12.1. The van der Waals surface area contributed by atoms with E-state index in [2.05, 4.69) is 5.32 Å². The fourth-order valence-electron chi connectivity index (χ4n) is 2.15. The summed E-state index contributed by atoms with van der Waals surface area (Å²) in [4.78, 5) is 0. The number of nitrogens with one attached hydrogen (secondary N) is 1. The summed E-state index contributed by atoms with van der Waals surface area (Å²) in [5, 5.41) is 2.61. The van der Waals surface area contributed by atoms with E-state index in [1.54, 1.807) is 0 Å². The minimum Gasteiger partial charge on any atom is -0.329 e. The summed E-state index contributed by atoms with van der Waals surface area (Å²) in [6.45, 7) is -0.632. The molecule has 0 aromatic carbocycles. The topological polar surface area (TPSA) is 38.0 Å². The zero-order chi connectivity index (χ0) is 11.4. The van der Waals surface area contributed by atoms with Crippen LogP contribution in [0, 0.1) is 0 Å². The van der Waals surface area contributed by atoms with Gasteiger partial charge in [0.1, 0.15) is 0 Å². The monoisotopic (exact) mass is 224 g/mol. The minimum absolute atomic E-state index is 0.295. The van der Waals surface area contributed by atoms with Crippen molar-refractivity contribution in [1.82, 2.24) is 5.32 Å². The highest BCUT2D eigenvalue weighted by Gasteiger charge is 2.34. The Morgan fingerprint density at radius 3 is 2.00 bits per heavy atom. The molecule has 0 spiro atoms. The van der Waals surface area contributed by atoms with Crippen LogP contribution in [0.2, 0.25) is 0 Å². The second kappa shape index (κ2) is 5.16. The molecule has 0 unspecified atom stereocenters. The molecule has 0 aliphatic heterocycles. The second-order valence-corrected chi connectivity index (χ2v) is 4.37. The molecule has 1 aliphatic rings. The molecule has 0 aromatic heterocycles. The van der Waals surface area contributed by atoms with Crippen LogP contribution in [0.25, 0.3) is 0 Å². The number of rotatable bonds is 3. The average Bonchev–Trinajstić information content (AvgIpc) is 2.40. The third kappa shape index (κ3) is 4.38. The summed E-state index contributed by atoms with van der Waals surface area (Å²) < 4.78 is 36.3. The second-order valence-electron chi connectivity index (χ2n) is 4.37. The van der Waals surface area contributed by atoms with E-state index in [1.807, 2.05) is 0 Å². The molecule has 1 saturated carbocycles. The third-order valence-electron chi connectivity index (χ3n) is 3.12. The number of alkyl halides is 3. The van der Waals surface area contributed by atoms with E-state index in [9.17, 15) is 13.2 Å². The van der Waals surface area contributed by atoms with Crippen LogP contribution >= 0.6 is 0 Å². The molecular formula is C10H19F3N2. The highest BCUT2D eigenvalue weighted by molar-refractivity contribution is 4.91. The molecule has 1 fully saturated rings. The molecule has 90 valence electrons. The van der Waals surface area contributed by atoms with Gasteiger partial charge in [-0.25, -0.2) is 0 Å². The lowest BCUT2D eigenvalue weighted by molar-refractivity contribution is -0.129. The van der Waals surface area contributed by atoms with Crippen molar-refractivity contribution in [2.75, 3.05) is 13.1 Å². The zero-order valence-corrected chi connectivity index (χ0v) is 8.87. The highest BCUT2D eigenvalue weighted by atomic mass is 19.4. The zero-order valence-electron chi connectivity index (χ0n) is 8.87. The van der Waals surface area contributed by atoms with Gasteiger partial charge in [0, 0.05) is 12.1 Å². The predicted molar refractivity (Wildman–Crippen MR) is 53.5 cm³/mol. The fourth-order valence-corrected chi connectivity index (χ4v) is 2.15. The first kappa shape index (κ1) is 12.8. The molecule has 3 N–H and O–H groups in total. The van der Waals surface area contributed by atoms with Crippen molar-refractivity contribution in [3.63, 3.8) is 0 Å². The van der Waals surface area contributed by atoms with Gasteiger partial charge in [0.15, 0.2) is 0 Å². The molecule has 15 heavy (non-hydrogen) atoms. The van der Waals surface area contributed by atoms with Gasteiger partial charge < -0.3 is 11.1 Å². The molecule has 5 heteroatoms. The maximum atomic E-state index is 12.1. The Morgan fingerprint density at radius 2 is 1.60 bits per heavy atom. The Morgan fingerprint density at radius 1 is 1.07 bits per heavy atom. The van der Waals surface area contributed by atoms with Crippen molar-refractivity contribution in [3.8, 4) is 0 Å². The molecule has 0 atom stereocenters. The quantitative estimate of drug-likeness (QED) is 0.721. The normalized spacial score (nSPS) is 22.4. The summed E-state index contributed by atoms with van der Waals surface area (Å²) in [5.41, 5.74) is 5.13. The van der Waals surface area contributed by atoms with Crippen molar-refractivity contribution in [2.24, 2.45) is 5.73 Å². The highest BCUT2D eigenvalue weighted by Crippen LogP contribution is 2.27. The third-order valence-corrected chi connectivity index (χ3v) is 3.12. The van der Waals surface area contributed by atoms with E-state index in [1.165, 1.54) is 0 Å². The first-order valence-electron chi connectivity index (χ1n) is 5.49. The number of hydrogen-bond donors (Lipinski definition) is 2. The van der Waals surface area contributed by atoms with Gasteiger partial charge in [-0.3, -0.25) is 0 Å². The van der Waals surface area contributed by atoms with E-state index in [0.717, 1.165) is 38.5 Å². The smallest absolute Gasteiger partial charge is 0.329 e. The van der Waals surface area contributed by atoms with Gasteiger partial charge in [0.25, 0.3) is 0 Å². The molecule has 0 radical (unpaired) electrons. The molecule has 0 amide bonds. The maximum Gasteiger partial charge on any atom is 0.401 e. The predicted octanol–water partition coefficient (Wildman–Crippen LogP) is 2.19. The molecule has 0 aromatic rings. The fraction of sp³-hybridized carbons (Fsp3) is 1.00.